The monoisotopic (exact) mass is 341 g/mol. The van der Waals surface area contributed by atoms with Crippen LogP contribution in [0.2, 0.25) is 0 Å². The molecule has 1 rings (SSSR count). The summed E-state index contributed by atoms with van der Waals surface area (Å²) in [5, 5.41) is 8.84. The van der Waals surface area contributed by atoms with Gasteiger partial charge in [-0.05, 0) is 30.0 Å². The number of hydrogen-bond acceptors (Lipinski definition) is 2. The largest absolute Gasteiger partial charge is 0.480 e. The van der Waals surface area contributed by atoms with Gasteiger partial charge in [-0.2, -0.15) is 0 Å². The molecule has 0 saturated carbocycles. The quantitative estimate of drug-likeness (QED) is 0.827. The molecule has 0 fully saturated rings. The van der Waals surface area contributed by atoms with Gasteiger partial charge in [0.25, 0.3) is 0 Å². The van der Waals surface area contributed by atoms with E-state index in [1.165, 1.54) is 4.90 Å². The summed E-state index contributed by atoms with van der Waals surface area (Å²) in [6.45, 7) is 4.17. The van der Waals surface area contributed by atoms with Crippen molar-refractivity contribution >= 4 is 27.8 Å². The molecule has 0 aliphatic carbocycles. The fourth-order valence-electron chi connectivity index (χ4n) is 2.03. The van der Waals surface area contributed by atoms with Crippen LogP contribution in [0.3, 0.4) is 0 Å². The van der Waals surface area contributed by atoms with Gasteiger partial charge in [-0.3, -0.25) is 9.59 Å². The van der Waals surface area contributed by atoms with Gasteiger partial charge in [0.15, 0.2) is 0 Å². The van der Waals surface area contributed by atoms with Crippen molar-refractivity contribution < 1.29 is 14.7 Å². The molecule has 1 aromatic rings. The van der Waals surface area contributed by atoms with Crippen molar-refractivity contribution in [1.29, 1.82) is 0 Å². The first kappa shape index (κ1) is 16.7. The van der Waals surface area contributed by atoms with E-state index in [9.17, 15) is 9.59 Å². The van der Waals surface area contributed by atoms with Gasteiger partial charge in [0, 0.05) is 17.4 Å². The van der Waals surface area contributed by atoms with Crippen LogP contribution in [0.1, 0.15) is 38.2 Å². The number of carboxylic acid groups (broad SMARTS) is 1. The summed E-state index contributed by atoms with van der Waals surface area (Å²) in [6.07, 6.45) is 1.08. The Morgan fingerprint density at radius 2 is 1.90 bits per heavy atom. The van der Waals surface area contributed by atoms with Crippen LogP contribution in [0.5, 0.6) is 0 Å². The third-order valence-electron chi connectivity index (χ3n) is 3.09. The number of rotatable bonds is 7. The Hall–Kier alpha value is -1.36. The number of carbonyl (C=O) groups is 2. The molecule has 110 valence electrons. The second-order valence-electron chi connectivity index (χ2n) is 4.87. The molecule has 0 bridgehead atoms. The molecule has 1 N–H and O–H groups in total. The summed E-state index contributed by atoms with van der Waals surface area (Å²) in [4.78, 5) is 24.4. The summed E-state index contributed by atoms with van der Waals surface area (Å²) in [5.74, 6) is -1.00. The highest BCUT2D eigenvalue weighted by atomic mass is 79.9. The van der Waals surface area contributed by atoms with Crippen molar-refractivity contribution in [2.75, 3.05) is 13.1 Å². The van der Waals surface area contributed by atoms with Gasteiger partial charge in [-0.25, -0.2) is 0 Å². The molecule has 4 nitrogen and oxygen atoms in total. The number of carbonyl (C=O) groups excluding carboxylic acids is 1. The molecule has 0 spiro atoms. The van der Waals surface area contributed by atoms with Gasteiger partial charge < -0.3 is 10.0 Å². The first-order chi connectivity index (χ1) is 9.43. The van der Waals surface area contributed by atoms with E-state index in [0.29, 0.717) is 13.0 Å². The van der Waals surface area contributed by atoms with E-state index in [4.69, 9.17) is 5.11 Å². The lowest BCUT2D eigenvalue weighted by molar-refractivity contribution is -0.144. The lowest BCUT2D eigenvalue weighted by Crippen LogP contribution is -2.36. The Bertz CT molecular complexity index is 459. The molecule has 0 aliphatic rings. The number of hydrogen-bond donors (Lipinski definition) is 1. The average Bonchev–Trinajstić information content (AvgIpc) is 2.38. The molecular weight excluding hydrogens is 322 g/mol. The lowest BCUT2D eigenvalue weighted by Gasteiger charge is -2.22. The average molecular weight is 342 g/mol. The van der Waals surface area contributed by atoms with Gasteiger partial charge in [-0.1, -0.05) is 41.9 Å². The van der Waals surface area contributed by atoms with E-state index in [0.717, 1.165) is 16.5 Å². The maximum atomic E-state index is 12.2. The molecule has 1 atom stereocenters. The van der Waals surface area contributed by atoms with E-state index in [1.807, 2.05) is 38.1 Å². The summed E-state index contributed by atoms with van der Waals surface area (Å²) >= 11 is 3.38. The number of halogens is 1. The second kappa shape index (κ2) is 8.04. The minimum absolute atomic E-state index is 0.0729. The summed E-state index contributed by atoms with van der Waals surface area (Å²) < 4.78 is 0.998. The van der Waals surface area contributed by atoms with Crippen LogP contribution in [0, 0.1) is 0 Å². The first-order valence-electron chi connectivity index (χ1n) is 6.69. The molecule has 0 heterocycles. The van der Waals surface area contributed by atoms with Crippen molar-refractivity contribution in [3.8, 4) is 0 Å². The van der Waals surface area contributed by atoms with Gasteiger partial charge >= 0.3 is 5.97 Å². The van der Waals surface area contributed by atoms with Gasteiger partial charge in [-0.15, -0.1) is 0 Å². The fourth-order valence-corrected chi connectivity index (χ4v) is 2.29. The smallest absolute Gasteiger partial charge is 0.323 e. The molecule has 1 amide bonds. The molecular formula is C15H20BrNO3. The van der Waals surface area contributed by atoms with E-state index in [1.54, 1.807) is 0 Å². The minimum atomic E-state index is -0.969. The van der Waals surface area contributed by atoms with Crippen molar-refractivity contribution in [2.24, 2.45) is 0 Å². The van der Waals surface area contributed by atoms with Crippen LogP contribution in [-0.2, 0) is 9.59 Å². The van der Waals surface area contributed by atoms with Crippen molar-refractivity contribution in [1.82, 2.24) is 4.90 Å². The maximum Gasteiger partial charge on any atom is 0.323 e. The fraction of sp³-hybridized carbons (Fsp3) is 0.467. The van der Waals surface area contributed by atoms with Crippen LogP contribution in [0.4, 0.5) is 0 Å². The van der Waals surface area contributed by atoms with Crippen LogP contribution < -0.4 is 0 Å². The molecule has 20 heavy (non-hydrogen) atoms. The third-order valence-corrected chi connectivity index (χ3v) is 3.62. The van der Waals surface area contributed by atoms with E-state index in [2.05, 4.69) is 15.9 Å². The Morgan fingerprint density at radius 3 is 2.40 bits per heavy atom. The number of carboxylic acids is 1. The first-order valence-corrected chi connectivity index (χ1v) is 7.48. The molecule has 0 saturated heterocycles. The number of benzene rings is 1. The maximum absolute atomic E-state index is 12.2. The second-order valence-corrected chi connectivity index (χ2v) is 5.78. The molecule has 0 aliphatic heterocycles. The van der Waals surface area contributed by atoms with Crippen LogP contribution in [0.15, 0.2) is 28.7 Å². The van der Waals surface area contributed by atoms with Crippen LogP contribution in [-0.4, -0.2) is 35.0 Å². The van der Waals surface area contributed by atoms with E-state index < -0.39 is 5.97 Å². The van der Waals surface area contributed by atoms with E-state index >= 15 is 0 Å². The highest BCUT2D eigenvalue weighted by molar-refractivity contribution is 9.10. The Labute approximate surface area is 127 Å². The van der Waals surface area contributed by atoms with E-state index in [-0.39, 0.29) is 18.4 Å². The van der Waals surface area contributed by atoms with Crippen molar-refractivity contribution in [3.63, 3.8) is 0 Å². The predicted octanol–water partition coefficient (Wildman–Crippen LogP) is 3.27. The predicted molar refractivity (Wildman–Crippen MR) is 81.7 cm³/mol. The zero-order valence-corrected chi connectivity index (χ0v) is 13.4. The third kappa shape index (κ3) is 5.33. The molecule has 1 aromatic carbocycles. The Morgan fingerprint density at radius 1 is 1.30 bits per heavy atom. The van der Waals surface area contributed by atoms with Crippen LogP contribution >= 0.6 is 15.9 Å². The Balaban J connectivity index is 2.66. The standard InChI is InChI=1S/C15H20BrNO3/c1-3-8-17(10-15(19)20)14(18)9-11(2)12-4-6-13(16)7-5-12/h4-7,11H,3,8-10H2,1-2H3,(H,19,20). The topological polar surface area (TPSA) is 57.6 Å². The van der Waals surface area contributed by atoms with Gasteiger partial charge in [0.05, 0.1) is 0 Å². The lowest BCUT2D eigenvalue weighted by atomic mass is 9.97. The summed E-state index contributed by atoms with van der Waals surface area (Å²) in [5.41, 5.74) is 1.08. The van der Waals surface area contributed by atoms with Gasteiger partial charge in [0.1, 0.15) is 6.54 Å². The van der Waals surface area contributed by atoms with Gasteiger partial charge in [0.2, 0.25) is 5.91 Å². The number of aliphatic carboxylic acids is 1. The van der Waals surface area contributed by atoms with Crippen molar-refractivity contribution in [3.05, 3.63) is 34.3 Å². The SMILES string of the molecule is CCCN(CC(=O)O)C(=O)CC(C)c1ccc(Br)cc1. The number of nitrogens with zero attached hydrogens (tertiary/aromatic N) is 1. The zero-order chi connectivity index (χ0) is 15.1. The minimum Gasteiger partial charge on any atom is -0.480 e. The molecule has 1 unspecified atom stereocenters. The van der Waals surface area contributed by atoms with Crippen molar-refractivity contribution in [2.45, 2.75) is 32.6 Å². The molecule has 0 radical (unpaired) electrons. The molecule has 5 heteroatoms. The number of amides is 1. The Kier molecular flexibility index (Phi) is 6.71. The summed E-state index contributed by atoms with van der Waals surface area (Å²) in [7, 11) is 0. The molecule has 0 aromatic heterocycles. The highest BCUT2D eigenvalue weighted by Crippen LogP contribution is 2.22. The normalized spacial score (nSPS) is 11.9. The zero-order valence-electron chi connectivity index (χ0n) is 11.8. The summed E-state index contributed by atoms with van der Waals surface area (Å²) in [6, 6.07) is 7.83. The van der Waals surface area contributed by atoms with Crippen LogP contribution in [0.25, 0.3) is 0 Å². The highest BCUT2D eigenvalue weighted by Gasteiger charge is 2.19.